The van der Waals surface area contributed by atoms with Gasteiger partial charge in [-0.1, -0.05) is 51.7 Å². The third kappa shape index (κ3) is 6.77. The molecule has 1 nitrogen and oxygen atoms in total. The molecule has 0 amide bonds. The molecule has 0 unspecified atom stereocenters. The van der Waals surface area contributed by atoms with Crippen LogP contribution in [0.25, 0.3) is 0 Å². The van der Waals surface area contributed by atoms with E-state index in [2.05, 4.69) is 38.0 Å². The molecule has 0 fully saturated rings. The standard InChI is InChI=1S/C17H24F2OSi/c1-5-6-7-8-10-20-17-13-15(18)14(12-16(17)19)9-11-21(2,3)4/h12-13H,5-8,10H2,1-4H3. The number of rotatable bonds is 6. The lowest BCUT2D eigenvalue weighted by molar-refractivity contribution is 0.289. The monoisotopic (exact) mass is 310 g/mol. The van der Waals surface area contributed by atoms with Crippen molar-refractivity contribution in [3.8, 4) is 17.2 Å². The molecule has 0 aromatic heterocycles. The van der Waals surface area contributed by atoms with Crippen molar-refractivity contribution in [3.05, 3.63) is 29.3 Å². The predicted octanol–water partition coefficient (Wildman–Crippen LogP) is 5.15. The van der Waals surface area contributed by atoms with E-state index in [-0.39, 0.29) is 11.3 Å². The maximum absolute atomic E-state index is 13.9. The lowest BCUT2D eigenvalue weighted by Crippen LogP contribution is -2.16. The second-order valence-electron chi connectivity index (χ2n) is 6.17. The van der Waals surface area contributed by atoms with Gasteiger partial charge in [-0.2, -0.15) is 0 Å². The lowest BCUT2D eigenvalue weighted by atomic mass is 10.2. The Morgan fingerprint density at radius 3 is 2.38 bits per heavy atom. The average molecular weight is 310 g/mol. The fourth-order valence-electron chi connectivity index (χ4n) is 1.70. The minimum atomic E-state index is -1.61. The molecule has 0 aliphatic rings. The maximum Gasteiger partial charge on any atom is 0.166 e. The summed E-state index contributed by atoms with van der Waals surface area (Å²) in [4.78, 5) is 0. The molecule has 0 aliphatic carbocycles. The first-order valence-electron chi connectivity index (χ1n) is 7.48. The molecule has 1 aromatic rings. The number of unbranched alkanes of at least 4 members (excludes halogenated alkanes) is 3. The smallest absolute Gasteiger partial charge is 0.166 e. The van der Waals surface area contributed by atoms with Crippen molar-refractivity contribution < 1.29 is 13.5 Å². The molecule has 116 valence electrons. The highest BCUT2D eigenvalue weighted by Crippen LogP contribution is 2.21. The molecule has 21 heavy (non-hydrogen) atoms. The topological polar surface area (TPSA) is 9.23 Å². The molecule has 1 aromatic carbocycles. The molecule has 0 atom stereocenters. The van der Waals surface area contributed by atoms with Crippen LogP contribution in [0.4, 0.5) is 8.78 Å². The van der Waals surface area contributed by atoms with E-state index < -0.39 is 19.7 Å². The van der Waals surface area contributed by atoms with Gasteiger partial charge in [0.2, 0.25) is 0 Å². The van der Waals surface area contributed by atoms with E-state index in [1.165, 1.54) is 0 Å². The van der Waals surface area contributed by atoms with Gasteiger partial charge < -0.3 is 4.74 Å². The molecule has 0 bridgehead atoms. The zero-order valence-electron chi connectivity index (χ0n) is 13.4. The van der Waals surface area contributed by atoms with Crippen LogP contribution in [0.5, 0.6) is 5.75 Å². The number of halogens is 2. The van der Waals surface area contributed by atoms with E-state index in [4.69, 9.17) is 4.74 Å². The number of benzene rings is 1. The lowest BCUT2D eigenvalue weighted by Gasteiger charge is -2.08. The van der Waals surface area contributed by atoms with Crippen molar-refractivity contribution in [2.24, 2.45) is 0 Å². The minimum Gasteiger partial charge on any atom is -0.490 e. The molecule has 0 spiro atoms. The summed E-state index contributed by atoms with van der Waals surface area (Å²) in [5.74, 6) is 1.65. The molecule has 0 N–H and O–H groups in total. The Kier molecular flexibility index (Phi) is 6.90. The molecule has 0 heterocycles. The summed E-state index contributed by atoms with van der Waals surface area (Å²) in [6.07, 6.45) is 4.16. The van der Waals surface area contributed by atoms with E-state index in [1.807, 2.05) is 0 Å². The van der Waals surface area contributed by atoms with Crippen LogP contribution in [0.3, 0.4) is 0 Å². The quantitative estimate of drug-likeness (QED) is 0.401. The normalized spacial score (nSPS) is 11.0. The molecule has 0 saturated carbocycles. The summed E-state index contributed by atoms with van der Waals surface area (Å²) in [5.41, 5.74) is 3.14. The van der Waals surface area contributed by atoms with Crippen LogP contribution in [-0.2, 0) is 0 Å². The summed E-state index contributed by atoms with van der Waals surface area (Å²) in [5, 5.41) is 0. The number of hydrogen-bond acceptors (Lipinski definition) is 1. The fourth-order valence-corrected chi connectivity index (χ4v) is 2.21. The Labute approximate surface area is 127 Å². The third-order valence-corrected chi connectivity index (χ3v) is 3.72. The average Bonchev–Trinajstić information content (AvgIpc) is 2.39. The van der Waals surface area contributed by atoms with Crippen molar-refractivity contribution in [2.75, 3.05) is 6.61 Å². The first kappa shape index (κ1) is 17.7. The molecule has 1 rings (SSSR count). The second-order valence-corrected chi connectivity index (χ2v) is 10.9. The largest absolute Gasteiger partial charge is 0.490 e. The van der Waals surface area contributed by atoms with Gasteiger partial charge in [0.15, 0.2) is 11.6 Å². The van der Waals surface area contributed by atoms with Gasteiger partial charge in [0.1, 0.15) is 13.9 Å². The summed E-state index contributed by atoms with van der Waals surface area (Å²) in [6, 6.07) is 2.23. The molecule has 0 radical (unpaired) electrons. The molecular formula is C17H24F2OSi. The van der Waals surface area contributed by atoms with E-state index in [9.17, 15) is 8.78 Å². The highest BCUT2D eigenvalue weighted by molar-refractivity contribution is 6.83. The highest BCUT2D eigenvalue weighted by atomic mass is 28.3. The molecule has 0 aliphatic heterocycles. The zero-order chi connectivity index (χ0) is 15.9. The van der Waals surface area contributed by atoms with Gasteiger partial charge in [-0.15, -0.1) is 5.54 Å². The SMILES string of the molecule is CCCCCCOc1cc(F)c(C#C[Si](C)(C)C)cc1F. The van der Waals surface area contributed by atoms with Crippen molar-refractivity contribution >= 4 is 8.07 Å². The van der Waals surface area contributed by atoms with Crippen LogP contribution < -0.4 is 4.74 Å². The predicted molar refractivity (Wildman–Crippen MR) is 86.2 cm³/mol. The Morgan fingerprint density at radius 2 is 1.76 bits per heavy atom. The van der Waals surface area contributed by atoms with Crippen LogP contribution >= 0.6 is 0 Å². The Bertz CT molecular complexity index is 524. The van der Waals surface area contributed by atoms with Gasteiger partial charge in [0.05, 0.1) is 12.2 Å². The summed E-state index contributed by atoms with van der Waals surface area (Å²) in [7, 11) is -1.61. The van der Waals surface area contributed by atoms with Crippen molar-refractivity contribution in [1.29, 1.82) is 0 Å². The van der Waals surface area contributed by atoms with Gasteiger partial charge in [-0.3, -0.25) is 0 Å². The van der Waals surface area contributed by atoms with Gasteiger partial charge in [0, 0.05) is 6.07 Å². The Morgan fingerprint density at radius 1 is 1.05 bits per heavy atom. The van der Waals surface area contributed by atoms with Crippen LogP contribution in [0.2, 0.25) is 19.6 Å². The fraction of sp³-hybridized carbons (Fsp3) is 0.529. The first-order chi connectivity index (χ1) is 9.83. The third-order valence-electron chi connectivity index (χ3n) is 2.85. The van der Waals surface area contributed by atoms with Crippen LogP contribution in [-0.4, -0.2) is 14.7 Å². The zero-order valence-corrected chi connectivity index (χ0v) is 14.4. The molecule has 4 heteroatoms. The van der Waals surface area contributed by atoms with Crippen molar-refractivity contribution in [3.63, 3.8) is 0 Å². The Hall–Kier alpha value is -1.34. The minimum absolute atomic E-state index is 0.0254. The van der Waals surface area contributed by atoms with Crippen molar-refractivity contribution in [1.82, 2.24) is 0 Å². The molecular weight excluding hydrogens is 286 g/mol. The second kappa shape index (κ2) is 8.19. The number of ether oxygens (including phenoxy) is 1. The summed E-state index contributed by atoms with van der Waals surface area (Å²) in [6.45, 7) is 8.71. The number of hydrogen-bond donors (Lipinski definition) is 0. The maximum atomic E-state index is 13.9. The van der Waals surface area contributed by atoms with Crippen LogP contribution in [0.15, 0.2) is 12.1 Å². The van der Waals surface area contributed by atoms with Crippen molar-refractivity contribution in [2.45, 2.75) is 52.2 Å². The van der Waals surface area contributed by atoms with Gasteiger partial charge in [-0.05, 0) is 12.5 Å². The summed E-state index contributed by atoms with van der Waals surface area (Å²) >= 11 is 0. The molecule has 0 saturated heterocycles. The van der Waals surface area contributed by atoms with Gasteiger partial charge in [0.25, 0.3) is 0 Å². The Balaban J connectivity index is 2.73. The van der Waals surface area contributed by atoms with E-state index in [0.717, 1.165) is 37.8 Å². The summed E-state index contributed by atoms with van der Waals surface area (Å²) < 4.78 is 33.1. The van der Waals surface area contributed by atoms with Crippen LogP contribution in [0.1, 0.15) is 38.2 Å². The van der Waals surface area contributed by atoms with E-state index >= 15 is 0 Å². The van der Waals surface area contributed by atoms with Crippen LogP contribution in [0, 0.1) is 23.1 Å². The highest BCUT2D eigenvalue weighted by Gasteiger charge is 2.12. The van der Waals surface area contributed by atoms with Gasteiger partial charge >= 0.3 is 0 Å². The van der Waals surface area contributed by atoms with E-state index in [0.29, 0.717) is 6.61 Å². The first-order valence-corrected chi connectivity index (χ1v) is 11.0. The van der Waals surface area contributed by atoms with E-state index in [1.54, 1.807) is 0 Å². The van der Waals surface area contributed by atoms with Gasteiger partial charge in [-0.25, -0.2) is 8.78 Å².